The molecule has 0 saturated carbocycles. The van der Waals surface area contributed by atoms with Crippen molar-refractivity contribution >= 4 is 51.7 Å². The van der Waals surface area contributed by atoms with Gasteiger partial charge in [0.05, 0.1) is 17.4 Å². The van der Waals surface area contributed by atoms with Crippen LogP contribution in [-0.4, -0.2) is 27.6 Å². The second-order valence-electron chi connectivity index (χ2n) is 10.8. The molecule has 1 aliphatic carbocycles. The van der Waals surface area contributed by atoms with Gasteiger partial charge in [0.25, 0.3) is 0 Å². The second kappa shape index (κ2) is 11.7. The Hall–Kier alpha value is -4.20. The van der Waals surface area contributed by atoms with E-state index in [1.54, 1.807) is 4.90 Å². The van der Waals surface area contributed by atoms with E-state index in [0.29, 0.717) is 33.5 Å². The largest absolute Gasteiger partial charge is 0.384 e. The van der Waals surface area contributed by atoms with E-state index in [1.165, 1.54) is 23.1 Å². The van der Waals surface area contributed by atoms with Gasteiger partial charge >= 0.3 is 0 Å². The first-order valence-electron chi connectivity index (χ1n) is 13.2. The first-order chi connectivity index (χ1) is 19.7. The number of aryl methyl sites for hydroxylation is 1. The first kappa shape index (κ1) is 28.3. The minimum absolute atomic E-state index is 0.00352. The number of nitrogens with one attached hydrogen (secondary N) is 1. The van der Waals surface area contributed by atoms with E-state index in [2.05, 4.69) is 35.4 Å². The zero-order chi connectivity index (χ0) is 29.1. The van der Waals surface area contributed by atoms with E-state index in [-0.39, 0.29) is 28.7 Å². The van der Waals surface area contributed by atoms with Crippen molar-refractivity contribution in [1.29, 1.82) is 5.26 Å². The second-order valence-corrected chi connectivity index (χ2v) is 13.0. The fourth-order valence-corrected chi connectivity index (χ4v) is 6.79. The standard InChI is InChI=1S/C31H30N6O2S2/c1-19-9-7-8-12-23(19)34-26(39)18-40-30-36-35-29(41-30)37-24-15-31(2,3)16-25(38)27(24)21(22(17-32)28(37)33)14-13-20-10-5-4-6-11-20/h4-14,21H,15-16,18,33H2,1-3H3,(H,34,39)/b14-13+. The summed E-state index contributed by atoms with van der Waals surface area (Å²) < 4.78 is 0.584. The fourth-order valence-electron chi connectivity index (χ4n) is 5.11. The van der Waals surface area contributed by atoms with Crippen molar-refractivity contribution in [3.8, 4) is 6.07 Å². The van der Waals surface area contributed by atoms with Gasteiger partial charge in [-0.1, -0.05) is 97.6 Å². The maximum absolute atomic E-state index is 13.6. The summed E-state index contributed by atoms with van der Waals surface area (Å²) in [6.45, 7) is 6.04. The maximum Gasteiger partial charge on any atom is 0.234 e. The molecule has 0 fully saturated rings. The van der Waals surface area contributed by atoms with Gasteiger partial charge in [-0.05, 0) is 36.0 Å². The number of benzene rings is 2. The number of aromatic nitrogens is 2. The molecule has 5 rings (SSSR count). The minimum Gasteiger partial charge on any atom is -0.384 e. The van der Waals surface area contributed by atoms with E-state index >= 15 is 0 Å². The molecule has 10 heteroatoms. The molecular formula is C31H30N6O2S2. The molecule has 41 heavy (non-hydrogen) atoms. The van der Waals surface area contributed by atoms with Crippen molar-refractivity contribution in [2.75, 3.05) is 16.0 Å². The monoisotopic (exact) mass is 582 g/mol. The van der Waals surface area contributed by atoms with Gasteiger partial charge < -0.3 is 11.1 Å². The fraction of sp³-hybridized carbons (Fsp3) is 0.258. The number of Topliss-reactive ketones (excluding diaryl/α,β-unsaturated/α-hetero) is 1. The quantitative estimate of drug-likeness (QED) is 0.322. The zero-order valence-corrected chi connectivity index (χ0v) is 24.7. The van der Waals surface area contributed by atoms with Crippen LogP contribution in [0.2, 0.25) is 0 Å². The number of anilines is 2. The van der Waals surface area contributed by atoms with Gasteiger partial charge in [-0.25, -0.2) is 0 Å². The molecule has 1 amide bonds. The molecule has 1 aromatic heterocycles. The predicted octanol–water partition coefficient (Wildman–Crippen LogP) is 6.06. The highest BCUT2D eigenvalue weighted by Gasteiger charge is 2.44. The van der Waals surface area contributed by atoms with E-state index in [4.69, 9.17) is 5.73 Å². The zero-order valence-electron chi connectivity index (χ0n) is 23.0. The number of rotatable bonds is 7. The predicted molar refractivity (Wildman–Crippen MR) is 164 cm³/mol. The third-order valence-corrected chi connectivity index (χ3v) is 9.08. The molecule has 3 aromatic rings. The summed E-state index contributed by atoms with van der Waals surface area (Å²) in [7, 11) is 0. The van der Waals surface area contributed by atoms with Crippen molar-refractivity contribution in [3.63, 3.8) is 0 Å². The number of nitriles is 1. The van der Waals surface area contributed by atoms with Crippen molar-refractivity contribution in [2.45, 2.75) is 38.0 Å². The van der Waals surface area contributed by atoms with E-state index in [1.807, 2.05) is 73.7 Å². The molecule has 0 saturated heterocycles. The summed E-state index contributed by atoms with van der Waals surface area (Å²) in [6, 6.07) is 19.6. The Morgan fingerprint density at radius 1 is 1.20 bits per heavy atom. The minimum atomic E-state index is -0.554. The van der Waals surface area contributed by atoms with Crippen LogP contribution in [-0.2, 0) is 9.59 Å². The number of amides is 1. The number of allylic oxidation sites excluding steroid dienone is 4. The van der Waals surface area contributed by atoms with E-state index in [0.717, 1.165) is 22.5 Å². The van der Waals surface area contributed by atoms with Gasteiger partial charge in [0.2, 0.25) is 11.0 Å². The number of carbonyl (C=O) groups excluding carboxylic acids is 2. The Morgan fingerprint density at radius 3 is 2.66 bits per heavy atom. The molecule has 0 spiro atoms. The Morgan fingerprint density at radius 2 is 1.93 bits per heavy atom. The molecule has 0 bridgehead atoms. The van der Waals surface area contributed by atoms with Crippen LogP contribution in [0.15, 0.2) is 87.7 Å². The third kappa shape index (κ3) is 6.11. The summed E-state index contributed by atoms with van der Waals surface area (Å²) in [6.07, 6.45) is 4.77. The smallest absolute Gasteiger partial charge is 0.234 e. The van der Waals surface area contributed by atoms with Crippen LogP contribution < -0.4 is 16.0 Å². The number of nitrogens with two attached hydrogens (primary N) is 1. The summed E-state index contributed by atoms with van der Waals surface area (Å²) in [5.41, 5.74) is 10.7. The number of carbonyl (C=O) groups is 2. The molecule has 3 N–H and O–H groups in total. The topological polar surface area (TPSA) is 125 Å². The normalized spacial score (nSPS) is 18.4. The van der Waals surface area contributed by atoms with Crippen molar-refractivity contribution < 1.29 is 9.59 Å². The van der Waals surface area contributed by atoms with E-state index < -0.39 is 5.92 Å². The van der Waals surface area contributed by atoms with Gasteiger partial charge in [-0.3, -0.25) is 14.5 Å². The maximum atomic E-state index is 13.6. The number of nitrogens with zero attached hydrogens (tertiary/aromatic N) is 4. The summed E-state index contributed by atoms with van der Waals surface area (Å²) in [4.78, 5) is 27.9. The average molecular weight is 583 g/mol. The summed E-state index contributed by atoms with van der Waals surface area (Å²) in [5.74, 6) is -0.311. The molecular weight excluding hydrogens is 553 g/mol. The Labute approximate surface area is 247 Å². The van der Waals surface area contributed by atoms with Crippen LogP contribution >= 0.6 is 23.1 Å². The lowest BCUT2D eigenvalue weighted by Crippen LogP contribution is -2.42. The SMILES string of the molecule is Cc1ccccc1NC(=O)CSc1nnc(N2C(N)=C(C#N)C(/C=C/c3ccccc3)C3=C2CC(C)(C)CC3=O)s1. The number of hydrogen-bond donors (Lipinski definition) is 2. The first-order valence-corrected chi connectivity index (χ1v) is 15.0. The highest BCUT2D eigenvalue weighted by Crippen LogP contribution is 2.48. The van der Waals surface area contributed by atoms with Gasteiger partial charge in [-0.2, -0.15) is 5.26 Å². The van der Waals surface area contributed by atoms with Gasteiger partial charge in [-0.15, -0.1) is 10.2 Å². The molecule has 1 atom stereocenters. The van der Waals surface area contributed by atoms with Gasteiger partial charge in [0.15, 0.2) is 10.1 Å². The number of para-hydroxylation sites is 1. The lowest BCUT2D eigenvalue weighted by atomic mass is 9.70. The molecule has 208 valence electrons. The van der Waals surface area contributed by atoms with Crippen LogP contribution in [0.1, 0.15) is 37.8 Å². The number of ketones is 1. The highest BCUT2D eigenvalue weighted by atomic mass is 32.2. The van der Waals surface area contributed by atoms with E-state index in [9.17, 15) is 14.9 Å². The summed E-state index contributed by atoms with van der Waals surface area (Å²) >= 11 is 2.55. The lowest BCUT2D eigenvalue weighted by Gasteiger charge is -2.41. The average Bonchev–Trinajstić information content (AvgIpc) is 3.40. The lowest BCUT2D eigenvalue weighted by molar-refractivity contribution is -0.118. The molecule has 2 aromatic carbocycles. The Kier molecular flexibility index (Phi) is 8.10. The van der Waals surface area contributed by atoms with Crippen LogP contribution in [0.5, 0.6) is 0 Å². The molecule has 1 unspecified atom stereocenters. The van der Waals surface area contributed by atoms with Gasteiger partial charge in [0.1, 0.15) is 5.82 Å². The molecule has 1 aliphatic heterocycles. The van der Waals surface area contributed by atoms with Crippen LogP contribution in [0.25, 0.3) is 6.08 Å². The molecule has 8 nitrogen and oxygen atoms in total. The van der Waals surface area contributed by atoms with Crippen molar-refractivity contribution in [1.82, 2.24) is 10.2 Å². The Bertz CT molecular complexity index is 1630. The highest BCUT2D eigenvalue weighted by molar-refractivity contribution is 8.01. The van der Waals surface area contributed by atoms with Gasteiger partial charge in [0, 0.05) is 29.3 Å². The van der Waals surface area contributed by atoms with Crippen LogP contribution in [0.3, 0.4) is 0 Å². The number of thioether (sulfide) groups is 1. The molecule has 2 aliphatic rings. The number of hydrogen-bond acceptors (Lipinski definition) is 9. The molecule has 2 heterocycles. The summed E-state index contributed by atoms with van der Waals surface area (Å²) in [5, 5.41) is 22.2. The van der Waals surface area contributed by atoms with Crippen LogP contribution in [0.4, 0.5) is 10.8 Å². The van der Waals surface area contributed by atoms with Crippen molar-refractivity contribution in [3.05, 3.63) is 94.5 Å². The van der Waals surface area contributed by atoms with Crippen molar-refractivity contribution in [2.24, 2.45) is 17.1 Å². The molecule has 0 radical (unpaired) electrons. The Balaban J connectivity index is 1.44. The third-order valence-electron chi connectivity index (χ3n) is 7.04. The van der Waals surface area contributed by atoms with Crippen LogP contribution in [0, 0.1) is 29.6 Å².